The van der Waals surface area contributed by atoms with E-state index >= 15 is 0 Å². The van der Waals surface area contributed by atoms with Gasteiger partial charge in [0.25, 0.3) is 0 Å². The first kappa shape index (κ1) is 14.8. The summed E-state index contributed by atoms with van der Waals surface area (Å²) in [5.74, 6) is 3.63. The van der Waals surface area contributed by atoms with Gasteiger partial charge in [0.15, 0.2) is 0 Å². The fourth-order valence-electron chi connectivity index (χ4n) is 3.29. The van der Waals surface area contributed by atoms with Crippen molar-refractivity contribution in [1.82, 2.24) is 0 Å². The van der Waals surface area contributed by atoms with E-state index in [1.165, 1.54) is 38.5 Å². The van der Waals surface area contributed by atoms with Gasteiger partial charge in [0.1, 0.15) is 0 Å². The highest BCUT2D eigenvalue weighted by atomic mass is 14.4. The molecule has 1 aliphatic rings. The SMILES string of the molecule is CCCCC(C)C(=CC1CC(CC)C1C)CC. The Bertz CT molecular complexity index is 238. The minimum absolute atomic E-state index is 0.813. The molecule has 1 rings (SSSR count). The van der Waals surface area contributed by atoms with Crippen LogP contribution in [-0.2, 0) is 0 Å². The van der Waals surface area contributed by atoms with E-state index < -0.39 is 0 Å². The molecular formula is C17H32. The van der Waals surface area contributed by atoms with Crippen molar-refractivity contribution in [2.24, 2.45) is 23.7 Å². The molecule has 4 unspecified atom stereocenters. The average Bonchev–Trinajstić information content (AvgIpc) is 2.34. The molecule has 1 aliphatic carbocycles. The molecule has 0 bridgehead atoms. The van der Waals surface area contributed by atoms with Gasteiger partial charge in [0.2, 0.25) is 0 Å². The fraction of sp³-hybridized carbons (Fsp3) is 0.882. The first-order valence-electron chi connectivity index (χ1n) is 7.84. The lowest BCUT2D eigenvalue weighted by Gasteiger charge is -2.41. The van der Waals surface area contributed by atoms with Crippen molar-refractivity contribution >= 4 is 0 Å². The molecule has 0 amide bonds. The van der Waals surface area contributed by atoms with Gasteiger partial charge >= 0.3 is 0 Å². The van der Waals surface area contributed by atoms with Crippen LogP contribution >= 0.6 is 0 Å². The molecule has 0 aliphatic heterocycles. The lowest BCUT2D eigenvalue weighted by molar-refractivity contribution is 0.121. The third kappa shape index (κ3) is 3.86. The molecular weight excluding hydrogens is 204 g/mol. The number of hydrogen-bond acceptors (Lipinski definition) is 0. The third-order valence-corrected chi connectivity index (χ3v) is 4.98. The second-order valence-electron chi connectivity index (χ2n) is 6.07. The molecule has 1 saturated carbocycles. The van der Waals surface area contributed by atoms with E-state index in [-0.39, 0.29) is 0 Å². The van der Waals surface area contributed by atoms with E-state index in [0.29, 0.717) is 0 Å². The van der Waals surface area contributed by atoms with Crippen LogP contribution in [0.2, 0.25) is 0 Å². The Kier molecular flexibility index (Phi) is 6.30. The van der Waals surface area contributed by atoms with Crippen LogP contribution in [-0.4, -0.2) is 0 Å². The van der Waals surface area contributed by atoms with E-state index in [1.54, 1.807) is 5.57 Å². The topological polar surface area (TPSA) is 0 Å². The second kappa shape index (κ2) is 7.24. The molecule has 0 heteroatoms. The van der Waals surface area contributed by atoms with Crippen molar-refractivity contribution in [2.45, 2.75) is 73.1 Å². The Morgan fingerprint density at radius 1 is 1.29 bits per heavy atom. The molecule has 0 aromatic rings. The van der Waals surface area contributed by atoms with Crippen LogP contribution in [0.1, 0.15) is 73.1 Å². The molecule has 0 nitrogen and oxygen atoms in total. The van der Waals surface area contributed by atoms with Gasteiger partial charge < -0.3 is 0 Å². The summed E-state index contributed by atoms with van der Waals surface area (Å²) in [5, 5.41) is 0. The number of unbranched alkanes of at least 4 members (excludes halogenated alkanes) is 1. The summed E-state index contributed by atoms with van der Waals surface area (Å²) < 4.78 is 0. The van der Waals surface area contributed by atoms with Gasteiger partial charge in [-0.1, -0.05) is 65.5 Å². The van der Waals surface area contributed by atoms with Crippen LogP contribution in [0, 0.1) is 23.7 Å². The highest BCUT2D eigenvalue weighted by Gasteiger charge is 2.34. The van der Waals surface area contributed by atoms with E-state index in [0.717, 1.165) is 23.7 Å². The van der Waals surface area contributed by atoms with Crippen molar-refractivity contribution in [3.05, 3.63) is 11.6 Å². The zero-order valence-corrected chi connectivity index (χ0v) is 12.6. The van der Waals surface area contributed by atoms with Crippen molar-refractivity contribution < 1.29 is 0 Å². The van der Waals surface area contributed by atoms with E-state index in [9.17, 15) is 0 Å². The van der Waals surface area contributed by atoms with Gasteiger partial charge in [-0.05, 0) is 42.9 Å². The minimum Gasteiger partial charge on any atom is -0.0817 e. The second-order valence-corrected chi connectivity index (χ2v) is 6.07. The van der Waals surface area contributed by atoms with Crippen molar-refractivity contribution in [2.75, 3.05) is 0 Å². The van der Waals surface area contributed by atoms with Gasteiger partial charge in [-0.3, -0.25) is 0 Å². The molecule has 0 aromatic heterocycles. The molecule has 0 spiro atoms. The fourth-order valence-corrected chi connectivity index (χ4v) is 3.29. The Balaban J connectivity index is 2.50. The van der Waals surface area contributed by atoms with Crippen LogP contribution in [0.4, 0.5) is 0 Å². The zero-order valence-electron chi connectivity index (χ0n) is 12.6. The van der Waals surface area contributed by atoms with Crippen LogP contribution in [0.25, 0.3) is 0 Å². The van der Waals surface area contributed by atoms with Crippen LogP contribution < -0.4 is 0 Å². The maximum Gasteiger partial charge on any atom is -0.0200 e. The highest BCUT2D eigenvalue weighted by molar-refractivity contribution is 5.11. The molecule has 0 aromatic carbocycles. The normalized spacial score (nSPS) is 31.1. The van der Waals surface area contributed by atoms with Crippen LogP contribution in [0.15, 0.2) is 11.6 Å². The monoisotopic (exact) mass is 236 g/mol. The van der Waals surface area contributed by atoms with Gasteiger partial charge in [-0.25, -0.2) is 0 Å². The average molecular weight is 236 g/mol. The van der Waals surface area contributed by atoms with Gasteiger partial charge in [0.05, 0.1) is 0 Å². The molecule has 0 saturated heterocycles. The lowest BCUT2D eigenvalue weighted by Crippen LogP contribution is -2.33. The molecule has 0 heterocycles. The third-order valence-electron chi connectivity index (χ3n) is 4.98. The standard InChI is InChI=1S/C17H32/c1-6-9-10-13(4)15(7-2)11-17-12-16(8-3)14(17)5/h11,13-14,16-17H,6-10,12H2,1-5H3. The molecule has 17 heavy (non-hydrogen) atoms. The smallest absolute Gasteiger partial charge is 0.0200 e. The molecule has 1 fully saturated rings. The maximum absolute atomic E-state index is 2.64. The molecule has 0 radical (unpaired) electrons. The minimum atomic E-state index is 0.813. The number of rotatable bonds is 7. The molecule has 100 valence electrons. The predicted octanol–water partition coefficient (Wildman–Crippen LogP) is 5.83. The first-order valence-corrected chi connectivity index (χ1v) is 7.84. The van der Waals surface area contributed by atoms with Gasteiger partial charge in [-0.15, -0.1) is 0 Å². The maximum atomic E-state index is 2.64. The quantitative estimate of drug-likeness (QED) is 0.488. The van der Waals surface area contributed by atoms with Crippen LogP contribution in [0.3, 0.4) is 0 Å². The van der Waals surface area contributed by atoms with Gasteiger partial charge in [0, 0.05) is 0 Å². The Morgan fingerprint density at radius 3 is 2.47 bits per heavy atom. The number of hydrogen-bond donors (Lipinski definition) is 0. The summed E-state index contributed by atoms with van der Waals surface area (Å²) >= 11 is 0. The summed E-state index contributed by atoms with van der Waals surface area (Å²) in [5.41, 5.74) is 1.73. The largest absolute Gasteiger partial charge is 0.0817 e. The van der Waals surface area contributed by atoms with E-state index in [4.69, 9.17) is 0 Å². The van der Waals surface area contributed by atoms with Gasteiger partial charge in [-0.2, -0.15) is 0 Å². The van der Waals surface area contributed by atoms with Crippen molar-refractivity contribution in [3.8, 4) is 0 Å². The molecule has 4 atom stereocenters. The lowest BCUT2D eigenvalue weighted by atomic mass is 9.64. The molecule has 0 N–H and O–H groups in total. The van der Waals surface area contributed by atoms with Crippen LogP contribution in [0.5, 0.6) is 0 Å². The summed E-state index contributed by atoms with van der Waals surface area (Å²) in [6.07, 6.45) is 10.8. The Hall–Kier alpha value is -0.260. The van der Waals surface area contributed by atoms with Crippen molar-refractivity contribution in [3.63, 3.8) is 0 Å². The first-order chi connectivity index (χ1) is 8.13. The zero-order chi connectivity index (χ0) is 12.8. The summed E-state index contributed by atoms with van der Waals surface area (Å²) in [4.78, 5) is 0. The van der Waals surface area contributed by atoms with E-state index in [2.05, 4.69) is 40.7 Å². The van der Waals surface area contributed by atoms with E-state index in [1.807, 2.05) is 0 Å². The summed E-state index contributed by atoms with van der Waals surface area (Å²) in [6.45, 7) is 11.8. The number of allylic oxidation sites excluding steroid dienone is 2. The summed E-state index contributed by atoms with van der Waals surface area (Å²) in [7, 11) is 0. The predicted molar refractivity (Wildman–Crippen MR) is 78.1 cm³/mol. The Labute approximate surface area is 109 Å². The Morgan fingerprint density at radius 2 is 2.00 bits per heavy atom. The summed E-state index contributed by atoms with van der Waals surface area (Å²) in [6, 6.07) is 0. The van der Waals surface area contributed by atoms with Crippen molar-refractivity contribution in [1.29, 1.82) is 0 Å². The highest BCUT2D eigenvalue weighted by Crippen LogP contribution is 2.44.